The van der Waals surface area contributed by atoms with Crippen molar-refractivity contribution in [3.8, 4) is 5.75 Å². The molecule has 24 heavy (non-hydrogen) atoms. The maximum atomic E-state index is 13.0. The third-order valence-corrected chi connectivity index (χ3v) is 4.19. The molecule has 2 aromatic rings. The second kappa shape index (κ2) is 7.01. The van der Waals surface area contributed by atoms with Gasteiger partial charge in [0.15, 0.2) is 0 Å². The molecule has 1 aliphatic carbocycles. The Bertz CT molecular complexity index is 713. The van der Waals surface area contributed by atoms with Crippen molar-refractivity contribution in [1.29, 1.82) is 0 Å². The zero-order chi connectivity index (χ0) is 17.1. The van der Waals surface area contributed by atoms with E-state index in [4.69, 9.17) is 4.74 Å². The molecule has 1 unspecified atom stereocenters. The van der Waals surface area contributed by atoms with E-state index in [1.54, 1.807) is 48.4 Å². The molecule has 0 radical (unpaired) electrons. The van der Waals surface area contributed by atoms with Crippen LogP contribution in [0.25, 0.3) is 0 Å². The first kappa shape index (κ1) is 16.5. The standard InChI is InChI=1S/C19H20FNO3/c1-24-17-4-2-3-14(11-17)19(23)21(16-9-10-16)12-18(22)13-5-7-15(20)8-6-13/h2-8,11,16,18,22H,9-10,12H2,1H3. The van der Waals surface area contributed by atoms with Crippen molar-refractivity contribution in [2.45, 2.75) is 25.0 Å². The molecule has 1 amide bonds. The topological polar surface area (TPSA) is 49.8 Å². The summed E-state index contributed by atoms with van der Waals surface area (Å²) in [7, 11) is 1.56. The van der Waals surface area contributed by atoms with Gasteiger partial charge in [0.1, 0.15) is 11.6 Å². The summed E-state index contributed by atoms with van der Waals surface area (Å²) in [6.07, 6.45) is 1.03. The minimum atomic E-state index is -0.847. The molecule has 0 aliphatic heterocycles. The highest BCUT2D eigenvalue weighted by atomic mass is 19.1. The predicted octanol–water partition coefficient (Wildman–Crippen LogP) is 3.17. The molecular weight excluding hydrogens is 309 g/mol. The van der Waals surface area contributed by atoms with Gasteiger partial charge in [-0.3, -0.25) is 4.79 Å². The van der Waals surface area contributed by atoms with E-state index in [1.165, 1.54) is 12.1 Å². The number of halogens is 1. The number of methoxy groups -OCH3 is 1. The van der Waals surface area contributed by atoms with Crippen LogP contribution < -0.4 is 4.74 Å². The number of carbonyl (C=O) groups excluding carboxylic acids is 1. The lowest BCUT2D eigenvalue weighted by molar-refractivity contribution is 0.0603. The molecular formula is C19H20FNO3. The molecule has 3 rings (SSSR count). The van der Waals surface area contributed by atoms with E-state index in [2.05, 4.69) is 0 Å². The minimum Gasteiger partial charge on any atom is -0.497 e. The van der Waals surface area contributed by atoms with Gasteiger partial charge in [-0.05, 0) is 48.7 Å². The predicted molar refractivity (Wildman–Crippen MR) is 88.4 cm³/mol. The quantitative estimate of drug-likeness (QED) is 0.885. The highest BCUT2D eigenvalue weighted by Gasteiger charge is 2.34. The van der Waals surface area contributed by atoms with Gasteiger partial charge in [-0.2, -0.15) is 0 Å². The molecule has 1 aliphatic rings. The first-order valence-electron chi connectivity index (χ1n) is 7.97. The summed E-state index contributed by atoms with van der Waals surface area (Å²) < 4.78 is 18.2. The Kier molecular flexibility index (Phi) is 4.81. The maximum absolute atomic E-state index is 13.0. The zero-order valence-electron chi connectivity index (χ0n) is 13.5. The molecule has 1 saturated carbocycles. The second-order valence-electron chi connectivity index (χ2n) is 5.99. The van der Waals surface area contributed by atoms with Gasteiger partial charge in [0.25, 0.3) is 5.91 Å². The number of rotatable bonds is 6. The fourth-order valence-corrected chi connectivity index (χ4v) is 2.68. The van der Waals surface area contributed by atoms with Crippen LogP contribution in [-0.4, -0.2) is 35.6 Å². The second-order valence-corrected chi connectivity index (χ2v) is 5.99. The summed E-state index contributed by atoms with van der Waals surface area (Å²) in [5.41, 5.74) is 1.13. The summed E-state index contributed by atoms with van der Waals surface area (Å²) in [5, 5.41) is 10.4. The van der Waals surface area contributed by atoms with Crippen LogP contribution in [0, 0.1) is 5.82 Å². The van der Waals surface area contributed by atoms with Crippen molar-refractivity contribution < 1.29 is 19.0 Å². The van der Waals surface area contributed by atoms with Crippen LogP contribution in [0.1, 0.15) is 34.9 Å². The van der Waals surface area contributed by atoms with Crippen molar-refractivity contribution in [1.82, 2.24) is 4.90 Å². The van der Waals surface area contributed by atoms with E-state index in [0.717, 1.165) is 12.8 Å². The van der Waals surface area contributed by atoms with Crippen molar-refractivity contribution in [2.75, 3.05) is 13.7 Å². The van der Waals surface area contributed by atoms with Gasteiger partial charge in [-0.25, -0.2) is 4.39 Å². The lowest BCUT2D eigenvalue weighted by Gasteiger charge is -2.25. The number of hydrogen-bond acceptors (Lipinski definition) is 3. The van der Waals surface area contributed by atoms with E-state index < -0.39 is 6.10 Å². The van der Waals surface area contributed by atoms with Gasteiger partial charge in [-0.1, -0.05) is 18.2 Å². The Morgan fingerprint density at radius 2 is 2.00 bits per heavy atom. The van der Waals surface area contributed by atoms with Crippen LogP contribution in [0.15, 0.2) is 48.5 Å². The number of hydrogen-bond donors (Lipinski definition) is 1. The van der Waals surface area contributed by atoms with Crippen LogP contribution >= 0.6 is 0 Å². The van der Waals surface area contributed by atoms with Crippen LogP contribution in [0.3, 0.4) is 0 Å². The molecule has 0 aromatic heterocycles. The lowest BCUT2D eigenvalue weighted by atomic mass is 10.1. The van der Waals surface area contributed by atoms with Gasteiger partial charge in [0.05, 0.1) is 19.8 Å². The molecule has 0 saturated heterocycles. The molecule has 1 fully saturated rings. The van der Waals surface area contributed by atoms with Crippen molar-refractivity contribution in [3.63, 3.8) is 0 Å². The Labute approximate surface area is 140 Å². The number of aliphatic hydroxyl groups excluding tert-OH is 1. The average Bonchev–Trinajstić information content (AvgIpc) is 3.44. The van der Waals surface area contributed by atoms with E-state index in [1.807, 2.05) is 0 Å². The van der Waals surface area contributed by atoms with Crippen molar-refractivity contribution in [2.24, 2.45) is 0 Å². The van der Waals surface area contributed by atoms with Crippen LogP contribution in [0.2, 0.25) is 0 Å². The molecule has 4 nitrogen and oxygen atoms in total. The third-order valence-electron chi connectivity index (χ3n) is 4.19. The molecule has 0 heterocycles. The van der Waals surface area contributed by atoms with E-state index in [0.29, 0.717) is 16.9 Å². The summed E-state index contributed by atoms with van der Waals surface area (Å²) in [6, 6.07) is 12.8. The molecule has 126 valence electrons. The summed E-state index contributed by atoms with van der Waals surface area (Å²) in [5.74, 6) is 0.144. The smallest absolute Gasteiger partial charge is 0.254 e. The molecule has 5 heteroatoms. The van der Waals surface area contributed by atoms with Gasteiger partial charge in [-0.15, -0.1) is 0 Å². The number of ether oxygens (including phenoxy) is 1. The zero-order valence-corrected chi connectivity index (χ0v) is 13.5. The van der Waals surface area contributed by atoms with E-state index in [-0.39, 0.29) is 24.3 Å². The number of benzene rings is 2. The number of aliphatic hydroxyl groups is 1. The van der Waals surface area contributed by atoms with Crippen LogP contribution in [0.4, 0.5) is 4.39 Å². The Balaban J connectivity index is 1.76. The summed E-state index contributed by atoms with van der Waals surface area (Å²) >= 11 is 0. The monoisotopic (exact) mass is 329 g/mol. The van der Waals surface area contributed by atoms with Crippen molar-refractivity contribution in [3.05, 3.63) is 65.5 Å². The van der Waals surface area contributed by atoms with E-state index in [9.17, 15) is 14.3 Å². The fraction of sp³-hybridized carbons (Fsp3) is 0.316. The normalized spacial score (nSPS) is 15.0. The molecule has 0 bridgehead atoms. The number of nitrogens with zero attached hydrogens (tertiary/aromatic N) is 1. The van der Waals surface area contributed by atoms with Gasteiger partial charge < -0.3 is 14.7 Å². The van der Waals surface area contributed by atoms with Gasteiger partial charge >= 0.3 is 0 Å². The van der Waals surface area contributed by atoms with Gasteiger partial charge in [0.2, 0.25) is 0 Å². The largest absolute Gasteiger partial charge is 0.497 e. The maximum Gasteiger partial charge on any atom is 0.254 e. The van der Waals surface area contributed by atoms with Crippen LogP contribution in [-0.2, 0) is 0 Å². The van der Waals surface area contributed by atoms with E-state index >= 15 is 0 Å². The van der Waals surface area contributed by atoms with Crippen molar-refractivity contribution >= 4 is 5.91 Å². The Morgan fingerprint density at radius 1 is 1.29 bits per heavy atom. The fourth-order valence-electron chi connectivity index (χ4n) is 2.68. The lowest BCUT2D eigenvalue weighted by Crippen LogP contribution is -2.36. The highest BCUT2D eigenvalue weighted by Crippen LogP contribution is 2.31. The Morgan fingerprint density at radius 3 is 2.62 bits per heavy atom. The number of amides is 1. The van der Waals surface area contributed by atoms with Gasteiger partial charge in [0, 0.05) is 11.6 Å². The molecule has 1 N–H and O–H groups in total. The Hall–Kier alpha value is -2.40. The summed E-state index contributed by atoms with van der Waals surface area (Å²) in [4.78, 5) is 14.5. The summed E-state index contributed by atoms with van der Waals surface area (Å²) in [6.45, 7) is 0.187. The molecule has 1 atom stereocenters. The van der Waals surface area contributed by atoms with Crippen LogP contribution in [0.5, 0.6) is 5.75 Å². The average molecular weight is 329 g/mol. The number of carbonyl (C=O) groups is 1. The first-order valence-corrected chi connectivity index (χ1v) is 7.97. The SMILES string of the molecule is COc1cccc(C(=O)N(CC(O)c2ccc(F)cc2)C2CC2)c1. The minimum absolute atomic E-state index is 0.127. The third kappa shape index (κ3) is 3.74. The molecule has 2 aromatic carbocycles. The molecule has 0 spiro atoms. The first-order chi connectivity index (χ1) is 11.6. The highest BCUT2D eigenvalue weighted by molar-refractivity contribution is 5.95.